The normalized spacial score (nSPS) is 12.0. The fourth-order valence-electron chi connectivity index (χ4n) is 8.54. The van der Waals surface area contributed by atoms with Gasteiger partial charge in [0.1, 0.15) is 0 Å². The molecule has 0 saturated carbocycles. The van der Waals surface area contributed by atoms with E-state index in [1.807, 2.05) is 0 Å². The second-order valence-electron chi connectivity index (χ2n) is 17.4. The number of anilines is 3. The minimum Gasteiger partial charge on any atom is -0.311 e. The number of hydrogen-bond donors (Lipinski definition) is 0. The molecule has 9 aromatic carbocycles. The van der Waals surface area contributed by atoms with Gasteiger partial charge in [-0.3, -0.25) is 0 Å². The molecule has 57 heavy (non-hydrogen) atoms. The van der Waals surface area contributed by atoms with Gasteiger partial charge in [-0.25, -0.2) is 0 Å². The molecule has 0 aromatic heterocycles. The van der Waals surface area contributed by atoms with Crippen LogP contribution in [-0.4, -0.2) is 0 Å². The molecule has 0 unspecified atom stereocenters. The van der Waals surface area contributed by atoms with Crippen molar-refractivity contribution in [3.8, 4) is 33.4 Å². The van der Waals surface area contributed by atoms with Crippen LogP contribution < -0.4 is 4.90 Å². The number of hydrogen-bond acceptors (Lipinski definition) is 1. The first kappa shape index (κ1) is 36.2. The van der Waals surface area contributed by atoms with Crippen molar-refractivity contribution in [2.24, 2.45) is 0 Å². The van der Waals surface area contributed by atoms with Gasteiger partial charge in [0.05, 0.1) is 0 Å². The SMILES string of the molecule is CC(C)(C)c1ccc(N(c2ccc(-c3cc(-c4ccccc4)c(-c4ccccc4)c4c5ccccc5c5ccccc5c34)cc2)c2ccc(C(C)(C)C)cc2)cc1. The predicted octanol–water partition coefficient (Wildman–Crippen LogP) is 16.2. The maximum Gasteiger partial charge on any atom is 0.0462 e. The van der Waals surface area contributed by atoms with Crippen LogP contribution >= 0.6 is 0 Å². The maximum atomic E-state index is 2.45. The minimum atomic E-state index is 0.0757. The van der Waals surface area contributed by atoms with E-state index in [2.05, 4.69) is 234 Å². The predicted molar refractivity (Wildman–Crippen MR) is 247 cm³/mol. The third kappa shape index (κ3) is 6.68. The van der Waals surface area contributed by atoms with Crippen molar-refractivity contribution >= 4 is 49.4 Å². The topological polar surface area (TPSA) is 3.24 Å². The quantitative estimate of drug-likeness (QED) is 0.154. The summed E-state index contributed by atoms with van der Waals surface area (Å²) in [4.78, 5) is 2.39. The molecule has 0 aliphatic heterocycles. The van der Waals surface area contributed by atoms with Gasteiger partial charge in [-0.2, -0.15) is 0 Å². The van der Waals surface area contributed by atoms with E-state index < -0.39 is 0 Å². The van der Waals surface area contributed by atoms with Crippen LogP contribution in [0.5, 0.6) is 0 Å². The van der Waals surface area contributed by atoms with Gasteiger partial charge in [0.25, 0.3) is 0 Å². The molecule has 9 rings (SSSR count). The van der Waals surface area contributed by atoms with Gasteiger partial charge >= 0.3 is 0 Å². The van der Waals surface area contributed by atoms with E-state index in [9.17, 15) is 0 Å². The zero-order valence-electron chi connectivity index (χ0n) is 33.8. The number of fused-ring (bicyclic) bond motifs is 6. The number of nitrogens with zero attached hydrogens (tertiary/aromatic N) is 1. The van der Waals surface area contributed by atoms with Crippen molar-refractivity contribution in [3.05, 3.63) is 199 Å². The van der Waals surface area contributed by atoms with Crippen LogP contribution in [0.4, 0.5) is 17.1 Å². The molecule has 0 saturated heterocycles. The molecule has 1 nitrogen and oxygen atoms in total. The molecule has 0 spiro atoms. The lowest BCUT2D eigenvalue weighted by atomic mass is 9.81. The van der Waals surface area contributed by atoms with Crippen LogP contribution in [0.15, 0.2) is 188 Å². The lowest BCUT2D eigenvalue weighted by Gasteiger charge is -2.28. The maximum absolute atomic E-state index is 2.45. The van der Waals surface area contributed by atoms with Crippen LogP contribution in [0.25, 0.3) is 65.7 Å². The standard InChI is InChI=1S/C56H49N/c1-55(2,3)41-27-33-44(34-28-41)57(45-35-29-42(30-36-45)56(4,5)6)43-31-25-39(26-32-43)51-37-50(38-17-9-7-10-18-38)52(40-19-11-8-12-20-40)54-49-24-16-14-22-47(49)46-21-13-15-23-48(46)53(51)54/h7-37H,1-6H3. The average Bonchev–Trinajstić information content (AvgIpc) is 3.24. The van der Waals surface area contributed by atoms with E-state index in [1.54, 1.807) is 0 Å². The average molecular weight is 736 g/mol. The molecular formula is C56H49N. The first-order valence-corrected chi connectivity index (χ1v) is 20.2. The molecule has 278 valence electrons. The Kier molecular flexibility index (Phi) is 9.05. The Labute approximate surface area is 337 Å². The van der Waals surface area contributed by atoms with Gasteiger partial charge in [0, 0.05) is 17.1 Å². The highest BCUT2D eigenvalue weighted by Crippen LogP contribution is 2.49. The summed E-state index contributed by atoms with van der Waals surface area (Å²) < 4.78 is 0. The summed E-state index contributed by atoms with van der Waals surface area (Å²) in [5.41, 5.74) is 13.5. The Morgan fingerprint density at radius 2 is 0.684 bits per heavy atom. The van der Waals surface area contributed by atoms with Crippen LogP contribution in [0.2, 0.25) is 0 Å². The molecule has 0 bridgehead atoms. The molecule has 0 fully saturated rings. The molecular weight excluding hydrogens is 687 g/mol. The summed E-state index contributed by atoms with van der Waals surface area (Å²) >= 11 is 0. The summed E-state index contributed by atoms with van der Waals surface area (Å²) in [6.45, 7) is 13.6. The number of rotatable bonds is 6. The van der Waals surface area contributed by atoms with E-state index in [0.29, 0.717) is 0 Å². The van der Waals surface area contributed by atoms with Crippen LogP contribution in [-0.2, 0) is 10.8 Å². The summed E-state index contributed by atoms with van der Waals surface area (Å²) in [6, 6.07) is 69.6. The van der Waals surface area contributed by atoms with Gasteiger partial charge in [-0.1, -0.05) is 187 Å². The van der Waals surface area contributed by atoms with Crippen molar-refractivity contribution in [1.82, 2.24) is 0 Å². The molecule has 0 heterocycles. The highest BCUT2D eigenvalue weighted by molar-refractivity contribution is 6.32. The van der Waals surface area contributed by atoms with E-state index in [1.165, 1.54) is 76.8 Å². The van der Waals surface area contributed by atoms with Crippen molar-refractivity contribution in [2.45, 2.75) is 52.4 Å². The van der Waals surface area contributed by atoms with E-state index in [0.717, 1.165) is 17.1 Å². The van der Waals surface area contributed by atoms with Gasteiger partial charge in [-0.05, 0) is 130 Å². The first-order chi connectivity index (χ1) is 27.6. The molecule has 1 heteroatoms. The van der Waals surface area contributed by atoms with Gasteiger partial charge in [0.2, 0.25) is 0 Å². The largest absolute Gasteiger partial charge is 0.311 e. The lowest BCUT2D eigenvalue weighted by molar-refractivity contribution is 0.590. The summed E-state index contributed by atoms with van der Waals surface area (Å²) in [5, 5.41) is 7.65. The molecule has 0 amide bonds. The molecule has 0 radical (unpaired) electrons. The van der Waals surface area contributed by atoms with E-state index >= 15 is 0 Å². The Bertz CT molecular complexity index is 2800. The monoisotopic (exact) mass is 735 g/mol. The first-order valence-electron chi connectivity index (χ1n) is 20.2. The zero-order valence-corrected chi connectivity index (χ0v) is 33.8. The molecule has 0 N–H and O–H groups in total. The smallest absolute Gasteiger partial charge is 0.0462 e. The highest BCUT2D eigenvalue weighted by Gasteiger charge is 2.23. The van der Waals surface area contributed by atoms with Gasteiger partial charge in [-0.15, -0.1) is 0 Å². The Balaban J connectivity index is 1.30. The van der Waals surface area contributed by atoms with Crippen LogP contribution in [0.3, 0.4) is 0 Å². The summed E-state index contributed by atoms with van der Waals surface area (Å²) in [7, 11) is 0. The summed E-state index contributed by atoms with van der Waals surface area (Å²) in [6.07, 6.45) is 0. The molecule has 9 aromatic rings. The van der Waals surface area contributed by atoms with Crippen molar-refractivity contribution < 1.29 is 0 Å². The van der Waals surface area contributed by atoms with Crippen molar-refractivity contribution in [1.29, 1.82) is 0 Å². The lowest BCUT2D eigenvalue weighted by Crippen LogP contribution is -2.14. The Morgan fingerprint density at radius 1 is 0.316 bits per heavy atom. The molecule has 0 aliphatic rings. The Morgan fingerprint density at radius 3 is 1.14 bits per heavy atom. The highest BCUT2D eigenvalue weighted by atomic mass is 15.1. The fourth-order valence-corrected chi connectivity index (χ4v) is 8.54. The second kappa shape index (κ2) is 14.3. The summed E-state index contributed by atoms with van der Waals surface area (Å²) in [5.74, 6) is 0. The van der Waals surface area contributed by atoms with E-state index in [4.69, 9.17) is 0 Å². The molecule has 0 atom stereocenters. The zero-order chi connectivity index (χ0) is 39.3. The van der Waals surface area contributed by atoms with Crippen LogP contribution in [0, 0.1) is 0 Å². The van der Waals surface area contributed by atoms with E-state index in [-0.39, 0.29) is 10.8 Å². The van der Waals surface area contributed by atoms with Crippen molar-refractivity contribution in [3.63, 3.8) is 0 Å². The van der Waals surface area contributed by atoms with Crippen LogP contribution in [0.1, 0.15) is 52.7 Å². The minimum absolute atomic E-state index is 0.0757. The third-order valence-electron chi connectivity index (χ3n) is 11.6. The van der Waals surface area contributed by atoms with Gasteiger partial charge < -0.3 is 4.90 Å². The number of benzene rings is 9. The second-order valence-corrected chi connectivity index (χ2v) is 17.4. The van der Waals surface area contributed by atoms with Gasteiger partial charge in [0.15, 0.2) is 0 Å². The fraction of sp³-hybridized carbons (Fsp3) is 0.143. The third-order valence-corrected chi connectivity index (χ3v) is 11.6. The van der Waals surface area contributed by atoms with Crippen molar-refractivity contribution in [2.75, 3.05) is 4.90 Å². The molecule has 0 aliphatic carbocycles. The Hall–Kier alpha value is -6.44.